The molecule has 0 aliphatic rings. The van der Waals surface area contributed by atoms with Gasteiger partial charge in [0.1, 0.15) is 18.2 Å². The quantitative estimate of drug-likeness (QED) is 0.556. The lowest BCUT2D eigenvalue weighted by Crippen LogP contribution is -2.44. The zero-order valence-electron chi connectivity index (χ0n) is 18.2. The van der Waals surface area contributed by atoms with E-state index in [4.69, 9.17) is 9.47 Å². The van der Waals surface area contributed by atoms with E-state index in [2.05, 4.69) is 17.2 Å². The number of nitrogens with zero attached hydrogens (tertiary/aromatic N) is 1. The molecule has 3 N–H and O–H groups in total. The summed E-state index contributed by atoms with van der Waals surface area (Å²) in [5, 5.41) is 14.7. The van der Waals surface area contributed by atoms with Crippen molar-refractivity contribution in [2.45, 2.75) is 52.5 Å². The Morgan fingerprint density at radius 2 is 1.93 bits per heavy atom. The Morgan fingerprint density at radius 1 is 1.27 bits per heavy atom. The van der Waals surface area contributed by atoms with Crippen LogP contribution in [0.4, 0.5) is 15.3 Å². The summed E-state index contributed by atoms with van der Waals surface area (Å²) in [6.07, 6.45) is 0.234. The second kappa shape index (κ2) is 11.2. The van der Waals surface area contributed by atoms with E-state index in [1.165, 1.54) is 17.9 Å². The maximum Gasteiger partial charge on any atom is 0.410 e. The van der Waals surface area contributed by atoms with Crippen LogP contribution >= 0.6 is 0 Å². The van der Waals surface area contributed by atoms with Crippen LogP contribution in [0.1, 0.15) is 38.8 Å². The van der Waals surface area contributed by atoms with E-state index in [1.54, 1.807) is 46.0 Å². The van der Waals surface area contributed by atoms with Crippen LogP contribution in [-0.4, -0.2) is 53.4 Å². The molecule has 9 heteroatoms. The largest absolute Gasteiger partial charge is 0.445 e. The maximum atomic E-state index is 12.4. The van der Waals surface area contributed by atoms with Crippen molar-refractivity contribution < 1.29 is 29.0 Å². The van der Waals surface area contributed by atoms with Crippen LogP contribution in [0.3, 0.4) is 0 Å². The minimum absolute atomic E-state index is 0.0919. The fourth-order valence-electron chi connectivity index (χ4n) is 2.37. The highest BCUT2D eigenvalue weighted by Crippen LogP contribution is 2.18. The number of carbonyl (C=O) groups excluding carboxylic acids is 3. The van der Waals surface area contributed by atoms with Gasteiger partial charge in [0.2, 0.25) is 5.91 Å². The Morgan fingerprint density at radius 3 is 2.50 bits per heavy atom. The van der Waals surface area contributed by atoms with Gasteiger partial charge >= 0.3 is 12.2 Å². The molecule has 1 aromatic carbocycles. The smallest absolute Gasteiger partial charge is 0.410 e. The third kappa shape index (κ3) is 8.52. The Balaban J connectivity index is 2.82. The number of rotatable bonds is 8. The molecule has 0 unspecified atom stereocenters. The van der Waals surface area contributed by atoms with E-state index in [0.717, 1.165) is 0 Å². The van der Waals surface area contributed by atoms with Gasteiger partial charge in [-0.2, -0.15) is 0 Å². The molecule has 166 valence electrons. The number of aliphatic hydroxyl groups excluding tert-OH is 1. The van der Waals surface area contributed by atoms with Gasteiger partial charge in [0.25, 0.3) is 0 Å². The molecule has 1 rings (SSSR count). The van der Waals surface area contributed by atoms with Crippen LogP contribution in [-0.2, 0) is 27.4 Å². The van der Waals surface area contributed by atoms with Crippen molar-refractivity contribution in [3.8, 4) is 0 Å². The Kier molecular flexibility index (Phi) is 9.32. The van der Waals surface area contributed by atoms with Crippen LogP contribution in [0.2, 0.25) is 0 Å². The number of hydrogen-bond donors (Lipinski definition) is 3. The predicted molar refractivity (Wildman–Crippen MR) is 113 cm³/mol. The third-order valence-electron chi connectivity index (χ3n) is 3.81. The molecule has 1 aromatic rings. The summed E-state index contributed by atoms with van der Waals surface area (Å²) in [5.74, 6) is -0.442. The lowest BCUT2D eigenvalue weighted by atomic mass is 10.1. The van der Waals surface area contributed by atoms with Crippen molar-refractivity contribution >= 4 is 23.8 Å². The van der Waals surface area contributed by atoms with Gasteiger partial charge in [-0.05, 0) is 51.0 Å². The zero-order valence-corrected chi connectivity index (χ0v) is 18.2. The second-order valence-corrected chi connectivity index (χ2v) is 7.72. The standard InChI is InChI=1S/C21H31N3O6/c1-7-10-29-20(28)24(6)12-16-11-17(9-8-15(16)13-25)23-18(26)14(2)22-19(27)30-21(3,4)5/h7-9,11,14,25H,1,10,12-13H2,2-6H3,(H,22,27)(H,23,26)/t14-/m0/s1. The highest BCUT2D eigenvalue weighted by Gasteiger charge is 2.21. The van der Waals surface area contributed by atoms with E-state index in [0.29, 0.717) is 16.8 Å². The molecule has 0 aliphatic carbocycles. The van der Waals surface area contributed by atoms with Crippen molar-refractivity contribution in [3.05, 3.63) is 42.0 Å². The normalized spacial score (nSPS) is 11.8. The summed E-state index contributed by atoms with van der Waals surface area (Å²) in [6, 6.07) is 4.10. The average molecular weight is 421 g/mol. The van der Waals surface area contributed by atoms with E-state index in [9.17, 15) is 19.5 Å². The topological polar surface area (TPSA) is 117 Å². The molecule has 0 heterocycles. The monoisotopic (exact) mass is 421 g/mol. The molecule has 3 amide bonds. The highest BCUT2D eigenvalue weighted by molar-refractivity contribution is 5.96. The first-order chi connectivity index (χ1) is 14.0. The predicted octanol–water partition coefficient (Wildman–Crippen LogP) is 2.79. The Labute approximate surface area is 177 Å². The fourth-order valence-corrected chi connectivity index (χ4v) is 2.37. The van der Waals surface area contributed by atoms with E-state index in [1.807, 2.05) is 0 Å². The van der Waals surface area contributed by atoms with Gasteiger partial charge in [-0.1, -0.05) is 18.7 Å². The fraction of sp³-hybridized carbons (Fsp3) is 0.476. The van der Waals surface area contributed by atoms with E-state index < -0.39 is 29.7 Å². The number of alkyl carbamates (subject to hydrolysis) is 1. The molecule has 0 saturated carbocycles. The molecule has 0 bridgehead atoms. The number of amides is 3. The van der Waals surface area contributed by atoms with Crippen molar-refractivity contribution in [3.63, 3.8) is 0 Å². The summed E-state index contributed by atoms with van der Waals surface area (Å²) in [4.78, 5) is 37.5. The number of anilines is 1. The lowest BCUT2D eigenvalue weighted by Gasteiger charge is -2.22. The molecule has 0 aromatic heterocycles. The molecule has 0 radical (unpaired) electrons. The number of ether oxygens (including phenoxy) is 2. The molecule has 0 fully saturated rings. The van der Waals surface area contributed by atoms with Gasteiger partial charge in [0, 0.05) is 19.3 Å². The first-order valence-corrected chi connectivity index (χ1v) is 9.48. The van der Waals surface area contributed by atoms with Crippen LogP contribution < -0.4 is 10.6 Å². The molecule has 0 aliphatic heterocycles. The molecule has 0 spiro atoms. The summed E-state index contributed by atoms with van der Waals surface area (Å²) < 4.78 is 10.1. The van der Waals surface area contributed by atoms with E-state index >= 15 is 0 Å². The Bertz CT molecular complexity index is 772. The molecule has 30 heavy (non-hydrogen) atoms. The van der Waals surface area contributed by atoms with Crippen LogP contribution in [0.25, 0.3) is 0 Å². The minimum Gasteiger partial charge on any atom is -0.445 e. The van der Waals surface area contributed by atoms with Crippen molar-refractivity contribution in [2.24, 2.45) is 0 Å². The van der Waals surface area contributed by atoms with Crippen molar-refractivity contribution in [2.75, 3.05) is 19.0 Å². The van der Waals surface area contributed by atoms with Crippen molar-refractivity contribution in [1.29, 1.82) is 0 Å². The number of carbonyl (C=O) groups is 3. The van der Waals surface area contributed by atoms with Crippen LogP contribution in [0, 0.1) is 0 Å². The third-order valence-corrected chi connectivity index (χ3v) is 3.81. The van der Waals surface area contributed by atoms with Crippen LogP contribution in [0.5, 0.6) is 0 Å². The first-order valence-electron chi connectivity index (χ1n) is 9.48. The van der Waals surface area contributed by atoms with Crippen LogP contribution in [0.15, 0.2) is 30.9 Å². The van der Waals surface area contributed by atoms with Gasteiger partial charge in [-0.3, -0.25) is 4.79 Å². The molecular formula is C21H31N3O6. The summed E-state index contributed by atoms with van der Waals surface area (Å²) in [5.41, 5.74) is 1.03. The number of hydrogen-bond acceptors (Lipinski definition) is 6. The summed E-state index contributed by atoms with van der Waals surface area (Å²) in [6.45, 7) is 10.2. The summed E-state index contributed by atoms with van der Waals surface area (Å²) >= 11 is 0. The zero-order chi connectivity index (χ0) is 22.9. The average Bonchev–Trinajstić information content (AvgIpc) is 2.64. The lowest BCUT2D eigenvalue weighted by molar-refractivity contribution is -0.117. The van der Waals surface area contributed by atoms with E-state index in [-0.39, 0.29) is 19.8 Å². The second-order valence-electron chi connectivity index (χ2n) is 7.72. The van der Waals surface area contributed by atoms with Gasteiger partial charge in [-0.15, -0.1) is 0 Å². The van der Waals surface area contributed by atoms with Gasteiger partial charge in [0.15, 0.2) is 0 Å². The SMILES string of the molecule is C=CCOC(=O)N(C)Cc1cc(NC(=O)[C@H](C)NC(=O)OC(C)(C)C)ccc1CO. The van der Waals surface area contributed by atoms with Gasteiger partial charge in [0.05, 0.1) is 6.61 Å². The first kappa shape index (κ1) is 25.0. The summed E-state index contributed by atoms with van der Waals surface area (Å²) in [7, 11) is 1.56. The maximum absolute atomic E-state index is 12.4. The molecule has 9 nitrogen and oxygen atoms in total. The molecule has 0 saturated heterocycles. The van der Waals surface area contributed by atoms with Gasteiger partial charge in [-0.25, -0.2) is 9.59 Å². The minimum atomic E-state index is -0.836. The number of aliphatic hydroxyl groups is 1. The molecular weight excluding hydrogens is 390 g/mol. The Hall–Kier alpha value is -3.07. The van der Waals surface area contributed by atoms with Gasteiger partial charge < -0.3 is 30.1 Å². The number of nitrogens with one attached hydrogen (secondary N) is 2. The molecule has 1 atom stereocenters. The highest BCUT2D eigenvalue weighted by atomic mass is 16.6. The van der Waals surface area contributed by atoms with Crippen molar-refractivity contribution in [1.82, 2.24) is 10.2 Å². The number of benzene rings is 1.